The monoisotopic (exact) mass is 341 g/mol. The second kappa shape index (κ2) is 5.75. The van der Waals surface area contributed by atoms with Crippen LogP contribution in [0.15, 0.2) is 28.9 Å². The highest BCUT2D eigenvalue weighted by Crippen LogP contribution is 2.23. The van der Waals surface area contributed by atoms with E-state index in [0.717, 1.165) is 15.7 Å². The molecular formula is C13H13BrClN3O. The summed E-state index contributed by atoms with van der Waals surface area (Å²) in [6, 6.07) is 5.12. The molecule has 0 aliphatic heterocycles. The number of aryl methyl sites for hydroxylation is 1. The molecule has 6 heteroatoms. The molecule has 100 valence electrons. The van der Waals surface area contributed by atoms with Crippen molar-refractivity contribution in [1.29, 1.82) is 0 Å². The molecule has 1 N–H and O–H groups in total. The van der Waals surface area contributed by atoms with Crippen LogP contribution in [0.25, 0.3) is 0 Å². The second-order valence-corrected chi connectivity index (χ2v) is 5.45. The first-order chi connectivity index (χ1) is 8.99. The summed E-state index contributed by atoms with van der Waals surface area (Å²) < 4.78 is 2.55. The largest absolute Gasteiger partial charge is 0.348 e. The summed E-state index contributed by atoms with van der Waals surface area (Å²) in [5.74, 6) is -0.155. The van der Waals surface area contributed by atoms with Crippen LogP contribution >= 0.6 is 27.5 Å². The lowest BCUT2D eigenvalue weighted by Gasteiger charge is -2.06. The van der Waals surface area contributed by atoms with Gasteiger partial charge >= 0.3 is 0 Å². The number of halogens is 2. The van der Waals surface area contributed by atoms with E-state index in [1.165, 1.54) is 0 Å². The van der Waals surface area contributed by atoms with E-state index in [0.29, 0.717) is 17.1 Å². The molecular weight excluding hydrogens is 330 g/mol. The van der Waals surface area contributed by atoms with Gasteiger partial charge in [0.1, 0.15) is 0 Å². The van der Waals surface area contributed by atoms with E-state index in [1.54, 1.807) is 29.1 Å². The minimum atomic E-state index is -0.155. The SMILES string of the molecule is Cc1c(CNC(=O)c2ccc(Br)c(Cl)c2)cnn1C. The van der Waals surface area contributed by atoms with Gasteiger partial charge in [0.05, 0.1) is 11.2 Å². The fraction of sp³-hybridized carbons (Fsp3) is 0.231. The van der Waals surface area contributed by atoms with Crippen LogP contribution in [0.4, 0.5) is 0 Å². The molecule has 1 aromatic carbocycles. The van der Waals surface area contributed by atoms with Gasteiger partial charge in [-0.15, -0.1) is 0 Å². The van der Waals surface area contributed by atoms with Crippen LogP contribution < -0.4 is 5.32 Å². The standard InChI is InChI=1S/C13H13BrClN3O/c1-8-10(7-17-18(8)2)6-16-13(19)9-3-4-11(14)12(15)5-9/h3-5,7H,6H2,1-2H3,(H,16,19). The third kappa shape index (κ3) is 3.16. The molecule has 4 nitrogen and oxygen atoms in total. The highest BCUT2D eigenvalue weighted by atomic mass is 79.9. The van der Waals surface area contributed by atoms with E-state index in [4.69, 9.17) is 11.6 Å². The average molecular weight is 343 g/mol. The summed E-state index contributed by atoms with van der Waals surface area (Å²) >= 11 is 9.26. The van der Waals surface area contributed by atoms with Gasteiger partial charge < -0.3 is 5.32 Å². The molecule has 0 fully saturated rings. The Hall–Kier alpha value is -1.33. The van der Waals surface area contributed by atoms with Crippen LogP contribution in [0.5, 0.6) is 0 Å². The Morgan fingerprint density at radius 2 is 2.26 bits per heavy atom. The van der Waals surface area contributed by atoms with Crippen molar-refractivity contribution < 1.29 is 4.79 Å². The maximum Gasteiger partial charge on any atom is 0.251 e. The molecule has 19 heavy (non-hydrogen) atoms. The predicted molar refractivity (Wildman–Crippen MR) is 78.3 cm³/mol. The Kier molecular flexibility index (Phi) is 4.27. The van der Waals surface area contributed by atoms with E-state index in [9.17, 15) is 4.79 Å². The van der Waals surface area contributed by atoms with Crippen molar-refractivity contribution in [3.8, 4) is 0 Å². The Balaban J connectivity index is 2.05. The van der Waals surface area contributed by atoms with Gasteiger partial charge in [0, 0.05) is 34.9 Å². The number of carbonyl (C=O) groups excluding carboxylic acids is 1. The summed E-state index contributed by atoms with van der Waals surface area (Å²) in [5, 5.41) is 7.50. The third-order valence-electron chi connectivity index (χ3n) is 2.96. The first kappa shape index (κ1) is 14.1. The molecule has 1 aromatic heterocycles. The van der Waals surface area contributed by atoms with Crippen molar-refractivity contribution in [3.63, 3.8) is 0 Å². The van der Waals surface area contributed by atoms with Crippen LogP contribution in [0, 0.1) is 6.92 Å². The highest BCUT2D eigenvalue weighted by Gasteiger charge is 2.09. The topological polar surface area (TPSA) is 46.9 Å². The van der Waals surface area contributed by atoms with Crippen molar-refractivity contribution in [1.82, 2.24) is 15.1 Å². The molecule has 1 amide bonds. The predicted octanol–water partition coefficient (Wildman–Crippen LogP) is 3.07. The van der Waals surface area contributed by atoms with Crippen molar-refractivity contribution in [2.24, 2.45) is 7.05 Å². The van der Waals surface area contributed by atoms with Crippen LogP contribution in [-0.2, 0) is 13.6 Å². The maximum atomic E-state index is 12.0. The number of nitrogens with one attached hydrogen (secondary N) is 1. The summed E-state index contributed by atoms with van der Waals surface area (Å²) in [6.07, 6.45) is 1.75. The molecule has 0 bridgehead atoms. The Morgan fingerprint density at radius 1 is 1.53 bits per heavy atom. The van der Waals surface area contributed by atoms with Crippen LogP contribution in [-0.4, -0.2) is 15.7 Å². The smallest absolute Gasteiger partial charge is 0.251 e. The molecule has 0 atom stereocenters. The molecule has 0 unspecified atom stereocenters. The minimum Gasteiger partial charge on any atom is -0.348 e. The van der Waals surface area contributed by atoms with Gasteiger partial charge in [0.25, 0.3) is 5.91 Å². The molecule has 0 saturated heterocycles. The molecule has 0 spiro atoms. The number of rotatable bonds is 3. The zero-order valence-corrected chi connectivity index (χ0v) is 12.9. The lowest BCUT2D eigenvalue weighted by Crippen LogP contribution is -2.23. The average Bonchev–Trinajstić information content (AvgIpc) is 2.70. The van der Waals surface area contributed by atoms with Crippen molar-refractivity contribution >= 4 is 33.4 Å². The van der Waals surface area contributed by atoms with Gasteiger partial charge in [-0.05, 0) is 41.1 Å². The summed E-state index contributed by atoms with van der Waals surface area (Å²) in [7, 11) is 1.87. The minimum absolute atomic E-state index is 0.155. The normalized spacial score (nSPS) is 10.5. The Labute approximate surface area is 124 Å². The first-order valence-electron chi connectivity index (χ1n) is 5.69. The lowest BCUT2D eigenvalue weighted by molar-refractivity contribution is 0.0951. The molecule has 2 aromatic rings. The highest BCUT2D eigenvalue weighted by molar-refractivity contribution is 9.10. The van der Waals surface area contributed by atoms with Crippen LogP contribution in [0.1, 0.15) is 21.6 Å². The van der Waals surface area contributed by atoms with Gasteiger partial charge in [-0.2, -0.15) is 5.10 Å². The van der Waals surface area contributed by atoms with Crippen LogP contribution in [0.2, 0.25) is 5.02 Å². The summed E-state index contributed by atoms with van der Waals surface area (Å²) in [6.45, 7) is 2.41. The fourth-order valence-electron chi connectivity index (χ4n) is 1.63. The van der Waals surface area contributed by atoms with E-state index in [-0.39, 0.29) is 5.91 Å². The summed E-state index contributed by atoms with van der Waals surface area (Å²) in [5.41, 5.74) is 2.57. The summed E-state index contributed by atoms with van der Waals surface area (Å²) in [4.78, 5) is 12.0. The first-order valence-corrected chi connectivity index (χ1v) is 6.87. The number of carbonyl (C=O) groups is 1. The van der Waals surface area contributed by atoms with Gasteiger partial charge in [0.2, 0.25) is 0 Å². The van der Waals surface area contributed by atoms with E-state index in [1.807, 2.05) is 14.0 Å². The van der Waals surface area contributed by atoms with Gasteiger partial charge in [-0.3, -0.25) is 9.48 Å². The Bertz CT molecular complexity index is 624. The van der Waals surface area contributed by atoms with Gasteiger partial charge in [-0.25, -0.2) is 0 Å². The molecule has 0 aliphatic carbocycles. The number of nitrogens with zero attached hydrogens (tertiary/aromatic N) is 2. The number of benzene rings is 1. The molecule has 0 radical (unpaired) electrons. The fourth-order valence-corrected chi connectivity index (χ4v) is 2.06. The van der Waals surface area contributed by atoms with E-state index >= 15 is 0 Å². The third-order valence-corrected chi connectivity index (χ3v) is 4.19. The van der Waals surface area contributed by atoms with Crippen molar-refractivity contribution in [3.05, 3.63) is 50.7 Å². The lowest BCUT2D eigenvalue weighted by atomic mass is 10.2. The zero-order chi connectivity index (χ0) is 14.0. The van der Waals surface area contributed by atoms with Crippen molar-refractivity contribution in [2.45, 2.75) is 13.5 Å². The van der Waals surface area contributed by atoms with Crippen molar-refractivity contribution in [2.75, 3.05) is 0 Å². The second-order valence-electron chi connectivity index (χ2n) is 4.19. The van der Waals surface area contributed by atoms with E-state index in [2.05, 4.69) is 26.3 Å². The number of amides is 1. The molecule has 1 heterocycles. The van der Waals surface area contributed by atoms with E-state index < -0.39 is 0 Å². The number of hydrogen-bond donors (Lipinski definition) is 1. The number of aromatic nitrogens is 2. The maximum absolute atomic E-state index is 12.0. The quantitative estimate of drug-likeness (QED) is 0.932. The zero-order valence-electron chi connectivity index (χ0n) is 10.6. The number of hydrogen-bond acceptors (Lipinski definition) is 2. The molecule has 2 rings (SSSR count). The molecule has 0 aliphatic rings. The van der Waals surface area contributed by atoms with Crippen LogP contribution in [0.3, 0.4) is 0 Å². The van der Waals surface area contributed by atoms with Gasteiger partial charge in [-0.1, -0.05) is 11.6 Å². The van der Waals surface area contributed by atoms with Gasteiger partial charge in [0.15, 0.2) is 0 Å². The Morgan fingerprint density at radius 3 is 2.84 bits per heavy atom. The molecule has 0 saturated carbocycles.